The van der Waals surface area contributed by atoms with Crippen LogP contribution in [0, 0.1) is 0 Å². The highest BCUT2D eigenvalue weighted by Gasteiger charge is 2.02. The Hall–Kier alpha value is -2.43. The standard InChI is InChI=1S/C17H18N2O2/c18-19-17(20)16-10-8-15(9-11-16)13-21-12-4-7-14-5-2-1-3-6-14/h1-11H,12-13,18H2,(H,19,20). The summed E-state index contributed by atoms with van der Waals surface area (Å²) < 4.78 is 5.56. The minimum Gasteiger partial charge on any atom is -0.373 e. The molecule has 0 bridgehead atoms. The highest BCUT2D eigenvalue weighted by Crippen LogP contribution is 2.06. The molecule has 2 rings (SSSR count). The van der Waals surface area contributed by atoms with Crippen LogP contribution in [0.15, 0.2) is 60.7 Å². The van der Waals surface area contributed by atoms with Gasteiger partial charge in [-0.05, 0) is 23.3 Å². The summed E-state index contributed by atoms with van der Waals surface area (Å²) >= 11 is 0. The molecule has 0 radical (unpaired) electrons. The van der Waals surface area contributed by atoms with Crippen molar-refractivity contribution in [2.24, 2.45) is 5.84 Å². The molecule has 4 heteroatoms. The quantitative estimate of drug-likeness (QED) is 0.370. The Bertz CT molecular complexity index is 592. The molecule has 2 aromatic carbocycles. The third-order valence-electron chi connectivity index (χ3n) is 2.94. The highest BCUT2D eigenvalue weighted by molar-refractivity contribution is 5.93. The molecule has 21 heavy (non-hydrogen) atoms. The second-order valence-corrected chi connectivity index (χ2v) is 4.50. The average molecular weight is 282 g/mol. The maximum absolute atomic E-state index is 11.3. The van der Waals surface area contributed by atoms with E-state index in [2.05, 4.69) is 5.43 Å². The van der Waals surface area contributed by atoms with E-state index in [-0.39, 0.29) is 5.91 Å². The third kappa shape index (κ3) is 4.87. The first kappa shape index (κ1) is 15.0. The van der Waals surface area contributed by atoms with Crippen molar-refractivity contribution in [1.82, 2.24) is 5.43 Å². The Morgan fingerprint density at radius 1 is 1.10 bits per heavy atom. The monoisotopic (exact) mass is 282 g/mol. The third-order valence-corrected chi connectivity index (χ3v) is 2.94. The maximum Gasteiger partial charge on any atom is 0.265 e. The van der Waals surface area contributed by atoms with Crippen LogP contribution >= 0.6 is 0 Å². The van der Waals surface area contributed by atoms with Gasteiger partial charge in [-0.3, -0.25) is 10.2 Å². The first-order chi connectivity index (χ1) is 10.3. The number of amides is 1. The number of carbonyl (C=O) groups is 1. The Morgan fingerprint density at radius 2 is 1.81 bits per heavy atom. The number of benzene rings is 2. The van der Waals surface area contributed by atoms with E-state index in [1.165, 1.54) is 0 Å². The van der Waals surface area contributed by atoms with Crippen LogP contribution in [0.1, 0.15) is 21.5 Å². The number of nitrogen functional groups attached to an aromatic ring is 1. The molecule has 0 aliphatic heterocycles. The van der Waals surface area contributed by atoms with Crippen LogP contribution in [-0.4, -0.2) is 12.5 Å². The zero-order valence-electron chi connectivity index (χ0n) is 11.7. The second-order valence-electron chi connectivity index (χ2n) is 4.50. The summed E-state index contributed by atoms with van der Waals surface area (Å²) in [5.74, 6) is 4.77. The molecule has 2 aromatic rings. The molecule has 1 amide bonds. The minimum absolute atomic E-state index is 0.298. The normalized spacial score (nSPS) is 10.7. The molecular formula is C17H18N2O2. The van der Waals surface area contributed by atoms with E-state index < -0.39 is 0 Å². The fourth-order valence-electron chi connectivity index (χ4n) is 1.83. The molecule has 4 nitrogen and oxygen atoms in total. The van der Waals surface area contributed by atoms with Gasteiger partial charge in [0.15, 0.2) is 0 Å². The molecule has 0 aromatic heterocycles. The fraction of sp³-hybridized carbons (Fsp3) is 0.118. The van der Waals surface area contributed by atoms with E-state index in [4.69, 9.17) is 10.6 Å². The van der Waals surface area contributed by atoms with E-state index in [1.54, 1.807) is 12.1 Å². The summed E-state index contributed by atoms with van der Waals surface area (Å²) in [5, 5.41) is 0. The van der Waals surface area contributed by atoms with Gasteiger partial charge in [-0.2, -0.15) is 0 Å². The van der Waals surface area contributed by atoms with Crippen LogP contribution in [0.5, 0.6) is 0 Å². The number of carbonyl (C=O) groups excluding carboxylic acids is 1. The van der Waals surface area contributed by atoms with E-state index in [1.807, 2.05) is 54.6 Å². The van der Waals surface area contributed by atoms with Crippen LogP contribution in [0.2, 0.25) is 0 Å². The summed E-state index contributed by atoms with van der Waals surface area (Å²) in [4.78, 5) is 11.3. The van der Waals surface area contributed by atoms with Gasteiger partial charge < -0.3 is 4.74 Å². The number of nitrogens with two attached hydrogens (primary N) is 1. The summed E-state index contributed by atoms with van der Waals surface area (Å²) in [7, 11) is 0. The lowest BCUT2D eigenvalue weighted by molar-refractivity contribution is 0.0953. The number of hydrogen-bond donors (Lipinski definition) is 2. The first-order valence-corrected chi connectivity index (χ1v) is 6.69. The Labute approximate surface area is 124 Å². The Kier molecular flexibility index (Phi) is 5.70. The zero-order chi connectivity index (χ0) is 14.9. The van der Waals surface area contributed by atoms with Crippen LogP contribution in [0.25, 0.3) is 6.08 Å². The van der Waals surface area contributed by atoms with E-state index >= 15 is 0 Å². The van der Waals surface area contributed by atoms with Gasteiger partial charge in [-0.1, -0.05) is 54.6 Å². The zero-order valence-corrected chi connectivity index (χ0v) is 11.7. The number of rotatable bonds is 6. The van der Waals surface area contributed by atoms with E-state index in [0.29, 0.717) is 18.8 Å². The molecule has 0 fully saturated rings. The van der Waals surface area contributed by atoms with Gasteiger partial charge in [-0.15, -0.1) is 0 Å². The lowest BCUT2D eigenvalue weighted by atomic mass is 10.1. The van der Waals surface area contributed by atoms with Crippen LogP contribution in [0.4, 0.5) is 0 Å². The summed E-state index contributed by atoms with van der Waals surface area (Å²) in [6.07, 6.45) is 4.00. The van der Waals surface area contributed by atoms with E-state index in [0.717, 1.165) is 11.1 Å². The summed E-state index contributed by atoms with van der Waals surface area (Å²) in [6.45, 7) is 1.05. The van der Waals surface area contributed by atoms with Crippen molar-refractivity contribution in [3.63, 3.8) is 0 Å². The number of hydrogen-bond acceptors (Lipinski definition) is 3. The molecule has 0 heterocycles. The second kappa shape index (κ2) is 7.99. The SMILES string of the molecule is NNC(=O)c1ccc(COCC=Cc2ccccc2)cc1. The predicted octanol–water partition coefficient (Wildman–Crippen LogP) is 2.52. The highest BCUT2D eigenvalue weighted by atomic mass is 16.5. The van der Waals surface area contributed by atoms with Gasteiger partial charge in [-0.25, -0.2) is 5.84 Å². The molecule has 0 aliphatic carbocycles. The lowest BCUT2D eigenvalue weighted by Crippen LogP contribution is -2.29. The van der Waals surface area contributed by atoms with Crippen LogP contribution in [-0.2, 0) is 11.3 Å². The fourth-order valence-corrected chi connectivity index (χ4v) is 1.83. The van der Waals surface area contributed by atoms with Crippen LogP contribution in [0.3, 0.4) is 0 Å². The minimum atomic E-state index is -0.298. The molecule has 0 spiro atoms. The van der Waals surface area contributed by atoms with Crippen molar-refractivity contribution in [3.05, 3.63) is 77.4 Å². The van der Waals surface area contributed by atoms with Gasteiger partial charge in [0.25, 0.3) is 5.91 Å². The Morgan fingerprint density at radius 3 is 2.48 bits per heavy atom. The van der Waals surface area contributed by atoms with Crippen molar-refractivity contribution in [3.8, 4) is 0 Å². The topological polar surface area (TPSA) is 64.3 Å². The lowest BCUT2D eigenvalue weighted by Gasteiger charge is -2.03. The van der Waals surface area contributed by atoms with Crippen molar-refractivity contribution in [1.29, 1.82) is 0 Å². The number of nitrogens with one attached hydrogen (secondary N) is 1. The predicted molar refractivity (Wildman–Crippen MR) is 83.2 cm³/mol. The van der Waals surface area contributed by atoms with Gasteiger partial charge in [0.05, 0.1) is 13.2 Å². The largest absolute Gasteiger partial charge is 0.373 e. The molecule has 0 aliphatic rings. The molecule has 0 saturated heterocycles. The Balaban J connectivity index is 1.76. The molecule has 3 N–H and O–H groups in total. The summed E-state index contributed by atoms with van der Waals surface area (Å²) in [6, 6.07) is 17.2. The smallest absolute Gasteiger partial charge is 0.265 e. The van der Waals surface area contributed by atoms with Crippen molar-refractivity contribution < 1.29 is 9.53 Å². The molecule has 108 valence electrons. The number of hydrazine groups is 1. The molecule has 0 saturated carbocycles. The molecule has 0 unspecified atom stereocenters. The van der Waals surface area contributed by atoms with Crippen LogP contribution < -0.4 is 11.3 Å². The van der Waals surface area contributed by atoms with Gasteiger partial charge in [0, 0.05) is 5.56 Å². The molecular weight excluding hydrogens is 264 g/mol. The van der Waals surface area contributed by atoms with Gasteiger partial charge >= 0.3 is 0 Å². The van der Waals surface area contributed by atoms with Crippen molar-refractivity contribution in [2.45, 2.75) is 6.61 Å². The van der Waals surface area contributed by atoms with Gasteiger partial charge in [0.2, 0.25) is 0 Å². The van der Waals surface area contributed by atoms with Gasteiger partial charge in [0.1, 0.15) is 0 Å². The first-order valence-electron chi connectivity index (χ1n) is 6.69. The van der Waals surface area contributed by atoms with Crippen molar-refractivity contribution in [2.75, 3.05) is 6.61 Å². The summed E-state index contributed by atoms with van der Waals surface area (Å²) in [5.41, 5.74) is 4.79. The van der Waals surface area contributed by atoms with E-state index in [9.17, 15) is 4.79 Å². The maximum atomic E-state index is 11.3. The molecule has 0 atom stereocenters. The number of ether oxygens (including phenoxy) is 1. The van der Waals surface area contributed by atoms with Crippen molar-refractivity contribution >= 4 is 12.0 Å². The average Bonchev–Trinajstić information content (AvgIpc) is 2.55.